The highest BCUT2D eigenvalue weighted by Gasteiger charge is 2.33. The summed E-state index contributed by atoms with van der Waals surface area (Å²) in [5, 5.41) is 3.34. The zero-order valence-electron chi connectivity index (χ0n) is 22.1. The maximum absolute atomic E-state index is 13.4. The van der Waals surface area contributed by atoms with Crippen LogP contribution in [0.2, 0.25) is 5.15 Å². The van der Waals surface area contributed by atoms with Gasteiger partial charge >= 0.3 is 0 Å². The van der Waals surface area contributed by atoms with Crippen LogP contribution in [0.15, 0.2) is 73.6 Å². The molecule has 4 aromatic rings. The van der Waals surface area contributed by atoms with E-state index < -0.39 is 0 Å². The van der Waals surface area contributed by atoms with Crippen LogP contribution in [0.3, 0.4) is 0 Å². The first-order chi connectivity index (χ1) is 19.4. The number of amides is 2. The third-order valence-electron chi connectivity index (χ3n) is 6.78. The SMILES string of the molecule is COc1ccccc1C(C)NC(=O)CC1CN(C(=O)c2cccnc2)CCN1c1cc(Cl)nc(-n2ccnc2)n1. The van der Waals surface area contributed by atoms with E-state index in [9.17, 15) is 9.59 Å². The van der Waals surface area contributed by atoms with Crippen molar-refractivity contribution in [3.8, 4) is 11.7 Å². The van der Waals surface area contributed by atoms with Crippen molar-refractivity contribution in [1.82, 2.24) is 34.7 Å². The van der Waals surface area contributed by atoms with E-state index in [-0.39, 0.29) is 35.5 Å². The molecule has 2 amide bonds. The first kappa shape index (κ1) is 27.1. The maximum Gasteiger partial charge on any atom is 0.255 e. The minimum absolute atomic E-state index is 0.123. The molecule has 0 saturated carbocycles. The Morgan fingerprint density at radius 2 is 1.98 bits per heavy atom. The van der Waals surface area contributed by atoms with Crippen molar-refractivity contribution in [2.24, 2.45) is 0 Å². The highest BCUT2D eigenvalue weighted by atomic mass is 35.5. The lowest BCUT2D eigenvalue weighted by Crippen LogP contribution is -2.56. The Morgan fingerprint density at radius 3 is 2.73 bits per heavy atom. The molecule has 11 nitrogen and oxygen atoms in total. The fourth-order valence-corrected chi connectivity index (χ4v) is 5.01. The molecule has 0 radical (unpaired) electrons. The van der Waals surface area contributed by atoms with Crippen molar-refractivity contribution in [2.45, 2.75) is 25.4 Å². The van der Waals surface area contributed by atoms with Gasteiger partial charge < -0.3 is 19.9 Å². The minimum atomic E-state index is -0.374. The van der Waals surface area contributed by atoms with E-state index in [0.717, 1.165) is 5.56 Å². The number of hydrogen-bond donors (Lipinski definition) is 1. The number of benzene rings is 1. The van der Waals surface area contributed by atoms with Crippen LogP contribution in [-0.2, 0) is 4.79 Å². The van der Waals surface area contributed by atoms with Gasteiger partial charge in [-0.05, 0) is 25.1 Å². The van der Waals surface area contributed by atoms with Gasteiger partial charge in [-0.2, -0.15) is 4.98 Å². The van der Waals surface area contributed by atoms with E-state index in [2.05, 4.69) is 20.3 Å². The average Bonchev–Trinajstić information content (AvgIpc) is 3.52. The Morgan fingerprint density at radius 1 is 1.12 bits per heavy atom. The number of piperazine rings is 1. The Balaban J connectivity index is 1.40. The second-order valence-electron chi connectivity index (χ2n) is 9.39. The summed E-state index contributed by atoms with van der Waals surface area (Å²) in [7, 11) is 1.60. The number of halogens is 1. The monoisotopic (exact) mass is 560 g/mol. The maximum atomic E-state index is 13.4. The summed E-state index contributed by atoms with van der Waals surface area (Å²) in [6.07, 6.45) is 8.24. The Labute approximate surface area is 236 Å². The van der Waals surface area contributed by atoms with E-state index in [4.69, 9.17) is 21.3 Å². The molecule has 40 heavy (non-hydrogen) atoms. The smallest absolute Gasteiger partial charge is 0.255 e. The van der Waals surface area contributed by atoms with E-state index in [0.29, 0.717) is 42.7 Å². The fraction of sp³-hybridized carbons (Fsp3) is 0.286. The summed E-state index contributed by atoms with van der Waals surface area (Å²) in [6, 6.07) is 12.1. The predicted molar refractivity (Wildman–Crippen MR) is 150 cm³/mol. The number of nitrogens with zero attached hydrogens (tertiary/aromatic N) is 7. The van der Waals surface area contributed by atoms with E-state index in [1.807, 2.05) is 36.1 Å². The lowest BCUT2D eigenvalue weighted by molar-refractivity contribution is -0.122. The van der Waals surface area contributed by atoms with Crippen LogP contribution in [0.5, 0.6) is 5.75 Å². The average molecular weight is 561 g/mol. The molecule has 1 N–H and O–H groups in total. The number of rotatable bonds is 8. The molecule has 2 atom stereocenters. The lowest BCUT2D eigenvalue weighted by atomic mass is 10.0. The molecule has 2 unspecified atom stereocenters. The Kier molecular flexibility index (Phi) is 8.20. The van der Waals surface area contributed by atoms with E-state index in [1.165, 1.54) is 0 Å². The number of aromatic nitrogens is 5. The number of pyridine rings is 1. The van der Waals surface area contributed by atoms with Crippen molar-refractivity contribution in [3.05, 3.63) is 89.9 Å². The van der Waals surface area contributed by atoms with Gasteiger partial charge in [-0.25, -0.2) is 9.97 Å². The highest BCUT2D eigenvalue weighted by Crippen LogP contribution is 2.27. The first-order valence-corrected chi connectivity index (χ1v) is 13.2. The van der Waals surface area contributed by atoms with Crippen LogP contribution in [0.4, 0.5) is 5.82 Å². The molecule has 3 aromatic heterocycles. The van der Waals surface area contributed by atoms with Gasteiger partial charge in [0.2, 0.25) is 11.9 Å². The van der Waals surface area contributed by atoms with Crippen molar-refractivity contribution in [3.63, 3.8) is 0 Å². The first-order valence-electron chi connectivity index (χ1n) is 12.8. The van der Waals surface area contributed by atoms with Crippen LogP contribution in [0, 0.1) is 0 Å². The van der Waals surface area contributed by atoms with Crippen molar-refractivity contribution < 1.29 is 14.3 Å². The molecule has 1 fully saturated rings. The number of carbonyl (C=O) groups is 2. The normalized spacial score (nSPS) is 15.9. The number of para-hydroxylation sites is 1. The fourth-order valence-electron chi connectivity index (χ4n) is 4.84. The zero-order chi connectivity index (χ0) is 28.1. The van der Waals surface area contributed by atoms with Gasteiger partial charge in [-0.15, -0.1) is 0 Å². The molecule has 0 spiro atoms. The summed E-state index contributed by atoms with van der Waals surface area (Å²) in [5.41, 5.74) is 1.37. The number of anilines is 1. The summed E-state index contributed by atoms with van der Waals surface area (Å²) >= 11 is 6.39. The third kappa shape index (κ3) is 6.04. The Hall–Kier alpha value is -4.51. The molecular weight excluding hydrogens is 532 g/mol. The second-order valence-corrected chi connectivity index (χ2v) is 9.78. The summed E-state index contributed by atoms with van der Waals surface area (Å²) < 4.78 is 7.13. The van der Waals surface area contributed by atoms with Crippen molar-refractivity contribution >= 4 is 29.2 Å². The van der Waals surface area contributed by atoms with Gasteiger partial charge in [0, 0.05) is 62.5 Å². The van der Waals surface area contributed by atoms with Crippen LogP contribution in [0.25, 0.3) is 5.95 Å². The molecule has 206 valence electrons. The highest BCUT2D eigenvalue weighted by molar-refractivity contribution is 6.29. The molecule has 1 saturated heterocycles. The second kappa shape index (κ2) is 12.1. The molecule has 1 aliphatic heterocycles. The summed E-state index contributed by atoms with van der Waals surface area (Å²) in [4.78, 5) is 47.6. The van der Waals surface area contributed by atoms with Gasteiger partial charge in [0.25, 0.3) is 5.91 Å². The summed E-state index contributed by atoms with van der Waals surface area (Å²) in [6.45, 7) is 3.11. The number of imidazole rings is 1. The number of ether oxygens (including phenoxy) is 1. The van der Waals surface area contributed by atoms with Gasteiger partial charge in [0.1, 0.15) is 23.0 Å². The summed E-state index contributed by atoms with van der Waals surface area (Å²) in [5.74, 6) is 1.32. The molecule has 0 aliphatic carbocycles. The third-order valence-corrected chi connectivity index (χ3v) is 6.98. The molecule has 5 rings (SSSR count). The molecular formula is C28H29ClN8O3. The van der Waals surface area contributed by atoms with Crippen LogP contribution in [0.1, 0.15) is 35.3 Å². The molecule has 1 aliphatic rings. The van der Waals surface area contributed by atoms with Crippen LogP contribution < -0.4 is 15.0 Å². The number of methoxy groups -OCH3 is 1. The van der Waals surface area contributed by atoms with E-state index in [1.54, 1.807) is 65.9 Å². The molecule has 4 heterocycles. The number of nitrogens with one attached hydrogen (secondary N) is 1. The minimum Gasteiger partial charge on any atom is -0.496 e. The topological polar surface area (TPSA) is 118 Å². The zero-order valence-corrected chi connectivity index (χ0v) is 22.9. The molecule has 12 heteroatoms. The van der Waals surface area contributed by atoms with Crippen LogP contribution in [-0.4, -0.2) is 74.0 Å². The molecule has 1 aromatic carbocycles. The van der Waals surface area contributed by atoms with Crippen molar-refractivity contribution in [1.29, 1.82) is 0 Å². The van der Waals surface area contributed by atoms with Crippen LogP contribution >= 0.6 is 11.6 Å². The van der Waals surface area contributed by atoms with Crippen molar-refractivity contribution in [2.75, 3.05) is 31.6 Å². The number of carbonyl (C=O) groups excluding carboxylic acids is 2. The standard InChI is InChI=1S/C28H29ClN8O3/c1-19(22-7-3-4-8-23(22)40-2)32-26(38)14-21-17-35(27(39)20-6-5-9-30-16-20)12-13-37(21)25-15-24(29)33-28(34-25)36-11-10-31-18-36/h3-11,15-16,18-19,21H,12-14,17H2,1-2H3,(H,32,38). The quantitative estimate of drug-likeness (QED) is 0.326. The molecule has 0 bridgehead atoms. The number of hydrogen-bond acceptors (Lipinski definition) is 8. The van der Waals surface area contributed by atoms with Gasteiger partial charge in [0.05, 0.1) is 24.8 Å². The van der Waals surface area contributed by atoms with Gasteiger partial charge in [-0.3, -0.25) is 19.1 Å². The largest absolute Gasteiger partial charge is 0.496 e. The van der Waals surface area contributed by atoms with Gasteiger partial charge in [0.15, 0.2) is 0 Å². The predicted octanol–water partition coefficient (Wildman–Crippen LogP) is 3.32. The Bertz CT molecular complexity index is 1470. The lowest BCUT2D eigenvalue weighted by Gasteiger charge is -2.42. The van der Waals surface area contributed by atoms with E-state index >= 15 is 0 Å². The van der Waals surface area contributed by atoms with Gasteiger partial charge in [-0.1, -0.05) is 29.8 Å².